The first kappa shape index (κ1) is 10.6. The Morgan fingerprint density at radius 3 is 2.21 bits per heavy atom. The molecule has 0 aromatic heterocycles. The van der Waals surface area contributed by atoms with Gasteiger partial charge in [-0.15, -0.1) is 0 Å². The fourth-order valence-electron chi connectivity index (χ4n) is 0.950. The van der Waals surface area contributed by atoms with Crippen LogP contribution in [0, 0.1) is 17.5 Å². The minimum atomic E-state index is -0.941. The van der Waals surface area contributed by atoms with Gasteiger partial charge in [0.05, 0.1) is 0 Å². The van der Waals surface area contributed by atoms with Crippen LogP contribution in [0.2, 0.25) is 0 Å². The van der Waals surface area contributed by atoms with Crippen molar-refractivity contribution in [3.63, 3.8) is 0 Å². The average molecular weight is 201 g/mol. The Kier molecular flexibility index (Phi) is 3.17. The van der Waals surface area contributed by atoms with Gasteiger partial charge in [-0.25, -0.2) is 13.2 Å². The third-order valence-corrected chi connectivity index (χ3v) is 1.57. The van der Waals surface area contributed by atoms with Gasteiger partial charge in [0.25, 0.3) is 0 Å². The maximum Gasteiger partial charge on any atom is 0.152 e. The van der Waals surface area contributed by atoms with Gasteiger partial charge < -0.3 is 5.32 Å². The largest absolute Gasteiger partial charge is 0.377 e. The van der Waals surface area contributed by atoms with Gasteiger partial charge in [-0.05, 0) is 6.92 Å². The van der Waals surface area contributed by atoms with Crippen molar-refractivity contribution in [3.8, 4) is 0 Å². The summed E-state index contributed by atoms with van der Waals surface area (Å²) in [5.41, 5.74) is 0.405. The minimum Gasteiger partial charge on any atom is -0.377 e. The quantitative estimate of drug-likeness (QED) is 0.741. The molecule has 1 nitrogen and oxygen atoms in total. The van der Waals surface area contributed by atoms with Gasteiger partial charge in [-0.2, -0.15) is 0 Å². The summed E-state index contributed by atoms with van der Waals surface area (Å²) in [6.45, 7) is 5.53. The minimum absolute atomic E-state index is 0.249. The Morgan fingerprint density at radius 2 is 1.79 bits per heavy atom. The van der Waals surface area contributed by atoms with Crippen molar-refractivity contribution < 1.29 is 13.2 Å². The third kappa shape index (κ3) is 2.52. The summed E-state index contributed by atoms with van der Waals surface area (Å²) < 4.78 is 38.5. The highest BCUT2D eigenvalue weighted by Crippen LogP contribution is 2.20. The lowest BCUT2D eigenvalue weighted by Crippen LogP contribution is -2.06. The Balaban J connectivity index is 2.91. The highest BCUT2D eigenvalue weighted by atomic mass is 19.1. The van der Waals surface area contributed by atoms with Crippen LogP contribution in [0.4, 0.5) is 18.9 Å². The van der Waals surface area contributed by atoms with Gasteiger partial charge in [-0.3, -0.25) is 0 Å². The van der Waals surface area contributed by atoms with Gasteiger partial charge in [-0.1, -0.05) is 12.2 Å². The monoisotopic (exact) mass is 201 g/mol. The second kappa shape index (κ2) is 4.17. The molecule has 0 aliphatic heterocycles. The second-order valence-electron chi connectivity index (χ2n) is 3.06. The molecular weight excluding hydrogens is 191 g/mol. The van der Waals surface area contributed by atoms with E-state index in [0.717, 1.165) is 5.57 Å². The maximum absolute atomic E-state index is 13.0. The van der Waals surface area contributed by atoms with Crippen molar-refractivity contribution in [2.24, 2.45) is 0 Å². The molecule has 0 aliphatic rings. The Bertz CT molecular complexity index is 337. The van der Waals surface area contributed by atoms with Gasteiger partial charge in [0.1, 0.15) is 11.5 Å². The van der Waals surface area contributed by atoms with E-state index in [0.29, 0.717) is 12.1 Å². The van der Waals surface area contributed by atoms with Crippen molar-refractivity contribution in [3.05, 3.63) is 41.7 Å². The number of hydrogen-bond donors (Lipinski definition) is 1. The topological polar surface area (TPSA) is 12.0 Å². The first-order chi connectivity index (χ1) is 6.50. The molecule has 0 atom stereocenters. The van der Waals surface area contributed by atoms with Crippen LogP contribution >= 0.6 is 0 Å². The van der Waals surface area contributed by atoms with Crippen molar-refractivity contribution in [1.82, 2.24) is 0 Å². The number of rotatable bonds is 3. The van der Waals surface area contributed by atoms with E-state index in [2.05, 4.69) is 11.9 Å². The van der Waals surface area contributed by atoms with Crippen LogP contribution in [-0.2, 0) is 0 Å². The molecule has 0 heterocycles. The number of anilines is 1. The molecule has 1 N–H and O–H groups in total. The fourth-order valence-corrected chi connectivity index (χ4v) is 0.950. The van der Waals surface area contributed by atoms with E-state index in [1.165, 1.54) is 0 Å². The fraction of sp³-hybridized carbons (Fsp3) is 0.200. The van der Waals surface area contributed by atoms with E-state index >= 15 is 0 Å². The lowest BCUT2D eigenvalue weighted by Gasteiger charge is -2.08. The van der Waals surface area contributed by atoms with Gasteiger partial charge >= 0.3 is 0 Å². The average Bonchev–Trinajstić information content (AvgIpc) is 2.01. The third-order valence-electron chi connectivity index (χ3n) is 1.57. The molecule has 0 radical (unpaired) electrons. The maximum atomic E-state index is 13.0. The predicted octanol–water partition coefficient (Wildman–Crippen LogP) is 3.09. The zero-order valence-electron chi connectivity index (χ0n) is 7.70. The molecule has 0 aliphatic carbocycles. The van der Waals surface area contributed by atoms with E-state index in [4.69, 9.17) is 0 Å². The molecule has 4 heteroatoms. The molecule has 0 spiro atoms. The summed E-state index contributed by atoms with van der Waals surface area (Å²) in [5, 5.41) is 2.49. The smallest absolute Gasteiger partial charge is 0.152 e. The molecule has 0 amide bonds. The second-order valence-corrected chi connectivity index (χ2v) is 3.06. The molecule has 0 unspecified atom stereocenters. The molecule has 0 bridgehead atoms. The first-order valence-corrected chi connectivity index (χ1v) is 4.03. The van der Waals surface area contributed by atoms with E-state index in [1.54, 1.807) is 6.92 Å². The number of hydrogen-bond acceptors (Lipinski definition) is 1. The standard InChI is InChI=1S/C10H10F3N/c1-6(2)5-14-10-8(12)3-7(11)4-9(10)13/h3-4,14H,1,5H2,2H3. The molecule has 0 saturated heterocycles. The molecule has 14 heavy (non-hydrogen) atoms. The van der Waals surface area contributed by atoms with E-state index < -0.39 is 17.5 Å². The first-order valence-electron chi connectivity index (χ1n) is 4.03. The molecule has 1 rings (SSSR count). The molecule has 1 aromatic carbocycles. The molecule has 76 valence electrons. The van der Waals surface area contributed by atoms with E-state index in [9.17, 15) is 13.2 Å². The van der Waals surface area contributed by atoms with Gasteiger partial charge in [0.2, 0.25) is 0 Å². The lowest BCUT2D eigenvalue weighted by atomic mass is 10.2. The Labute approximate surface area is 80.2 Å². The zero-order valence-corrected chi connectivity index (χ0v) is 7.70. The summed E-state index contributed by atoms with van der Waals surface area (Å²) >= 11 is 0. The van der Waals surface area contributed by atoms with Crippen LogP contribution < -0.4 is 5.32 Å². The highest BCUT2D eigenvalue weighted by Gasteiger charge is 2.10. The SMILES string of the molecule is C=C(C)CNc1c(F)cc(F)cc1F. The normalized spacial score (nSPS) is 10.0. The Hall–Kier alpha value is -1.45. The van der Waals surface area contributed by atoms with E-state index in [-0.39, 0.29) is 12.2 Å². The van der Waals surface area contributed by atoms with Crippen molar-refractivity contribution in [1.29, 1.82) is 0 Å². The van der Waals surface area contributed by atoms with E-state index in [1.807, 2.05) is 0 Å². The summed E-state index contributed by atoms with van der Waals surface area (Å²) in [7, 11) is 0. The summed E-state index contributed by atoms with van der Waals surface area (Å²) in [4.78, 5) is 0. The molecule has 0 fully saturated rings. The van der Waals surface area contributed by atoms with Crippen LogP contribution in [0.5, 0.6) is 0 Å². The summed E-state index contributed by atoms with van der Waals surface area (Å²) in [6, 6.07) is 1.26. The number of nitrogens with one attached hydrogen (secondary N) is 1. The van der Waals surface area contributed by atoms with Crippen LogP contribution in [0.25, 0.3) is 0 Å². The zero-order chi connectivity index (χ0) is 10.7. The summed E-state index contributed by atoms with van der Waals surface area (Å²) in [5.74, 6) is -2.81. The number of benzene rings is 1. The molecular formula is C10H10F3N. The van der Waals surface area contributed by atoms with Crippen LogP contribution in [-0.4, -0.2) is 6.54 Å². The lowest BCUT2D eigenvalue weighted by molar-refractivity contribution is 0.547. The van der Waals surface area contributed by atoms with Crippen molar-refractivity contribution >= 4 is 5.69 Å². The van der Waals surface area contributed by atoms with Crippen molar-refractivity contribution in [2.75, 3.05) is 11.9 Å². The Morgan fingerprint density at radius 1 is 1.29 bits per heavy atom. The molecule has 1 aromatic rings. The van der Waals surface area contributed by atoms with Crippen LogP contribution in [0.3, 0.4) is 0 Å². The van der Waals surface area contributed by atoms with Gasteiger partial charge in [0, 0.05) is 18.7 Å². The van der Waals surface area contributed by atoms with Crippen LogP contribution in [0.1, 0.15) is 6.92 Å². The van der Waals surface area contributed by atoms with Crippen LogP contribution in [0.15, 0.2) is 24.3 Å². The summed E-state index contributed by atoms with van der Waals surface area (Å²) in [6.07, 6.45) is 0. The highest BCUT2D eigenvalue weighted by molar-refractivity contribution is 5.47. The van der Waals surface area contributed by atoms with Crippen molar-refractivity contribution in [2.45, 2.75) is 6.92 Å². The van der Waals surface area contributed by atoms with Gasteiger partial charge in [0.15, 0.2) is 11.6 Å². The molecule has 0 saturated carbocycles. The predicted molar refractivity (Wildman–Crippen MR) is 49.6 cm³/mol. The number of halogens is 3.